The molecule has 0 spiro atoms. The SMILES string of the molecule is C[C@H](C(=O)NC(C)(C)C)N(Cc1ccc(Cl)c(Cl)c1)C(=O)CSCc1ccc(F)cc1. The molecule has 4 nitrogen and oxygen atoms in total. The molecule has 31 heavy (non-hydrogen) atoms. The zero-order valence-corrected chi connectivity index (χ0v) is 20.4. The summed E-state index contributed by atoms with van der Waals surface area (Å²) >= 11 is 13.5. The number of rotatable bonds is 8. The van der Waals surface area contributed by atoms with E-state index in [1.807, 2.05) is 20.8 Å². The summed E-state index contributed by atoms with van der Waals surface area (Å²) in [7, 11) is 0. The zero-order valence-electron chi connectivity index (χ0n) is 18.0. The largest absolute Gasteiger partial charge is 0.350 e. The minimum Gasteiger partial charge on any atom is -0.350 e. The van der Waals surface area contributed by atoms with Crippen LogP contribution in [0.5, 0.6) is 0 Å². The second kappa shape index (κ2) is 11.2. The van der Waals surface area contributed by atoms with Crippen LogP contribution in [-0.2, 0) is 21.9 Å². The van der Waals surface area contributed by atoms with Crippen molar-refractivity contribution in [2.75, 3.05) is 5.75 Å². The van der Waals surface area contributed by atoms with E-state index in [2.05, 4.69) is 5.32 Å². The maximum atomic E-state index is 13.1. The van der Waals surface area contributed by atoms with Gasteiger partial charge in [-0.25, -0.2) is 4.39 Å². The van der Waals surface area contributed by atoms with E-state index in [9.17, 15) is 14.0 Å². The molecule has 0 aromatic heterocycles. The van der Waals surface area contributed by atoms with Crippen molar-refractivity contribution in [1.82, 2.24) is 10.2 Å². The number of hydrogen-bond acceptors (Lipinski definition) is 3. The zero-order chi connectivity index (χ0) is 23.2. The molecule has 0 heterocycles. The van der Waals surface area contributed by atoms with Crippen molar-refractivity contribution in [3.8, 4) is 0 Å². The fourth-order valence-corrected chi connectivity index (χ4v) is 4.00. The van der Waals surface area contributed by atoms with Crippen LogP contribution in [-0.4, -0.2) is 34.0 Å². The van der Waals surface area contributed by atoms with Gasteiger partial charge in [-0.3, -0.25) is 9.59 Å². The van der Waals surface area contributed by atoms with Gasteiger partial charge < -0.3 is 10.2 Å². The third-order valence-electron chi connectivity index (χ3n) is 4.41. The molecule has 0 unspecified atom stereocenters. The van der Waals surface area contributed by atoms with Crippen molar-refractivity contribution in [2.45, 2.75) is 51.6 Å². The molecule has 168 valence electrons. The third kappa shape index (κ3) is 8.36. The fraction of sp³-hybridized carbons (Fsp3) is 0.391. The lowest BCUT2D eigenvalue weighted by Crippen LogP contribution is -2.52. The van der Waals surface area contributed by atoms with Crippen molar-refractivity contribution in [3.63, 3.8) is 0 Å². The Hall–Kier alpha value is -1.76. The third-order valence-corrected chi connectivity index (χ3v) is 6.14. The molecule has 0 saturated heterocycles. The molecule has 0 aliphatic carbocycles. The maximum Gasteiger partial charge on any atom is 0.242 e. The van der Waals surface area contributed by atoms with Crippen molar-refractivity contribution in [3.05, 3.63) is 69.5 Å². The molecule has 0 radical (unpaired) electrons. The van der Waals surface area contributed by atoms with E-state index >= 15 is 0 Å². The highest BCUT2D eigenvalue weighted by Crippen LogP contribution is 2.24. The summed E-state index contributed by atoms with van der Waals surface area (Å²) < 4.78 is 13.1. The van der Waals surface area contributed by atoms with Crippen LogP contribution in [0.15, 0.2) is 42.5 Å². The lowest BCUT2D eigenvalue weighted by Gasteiger charge is -2.31. The van der Waals surface area contributed by atoms with Gasteiger partial charge in [-0.2, -0.15) is 0 Å². The van der Waals surface area contributed by atoms with E-state index in [4.69, 9.17) is 23.2 Å². The molecule has 2 aromatic carbocycles. The van der Waals surface area contributed by atoms with Crippen LogP contribution in [0.4, 0.5) is 4.39 Å². The monoisotopic (exact) mass is 484 g/mol. The van der Waals surface area contributed by atoms with E-state index in [1.54, 1.807) is 37.3 Å². The summed E-state index contributed by atoms with van der Waals surface area (Å²) in [5.41, 5.74) is 1.29. The number of nitrogens with one attached hydrogen (secondary N) is 1. The second-order valence-corrected chi connectivity index (χ2v) is 10.1. The van der Waals surface area contributed by atoms with E-state index < -0.39 is 11.6 Å². The van der Waals surface area contributed by atoms with Crippen LogP contribution in [0.1, 0.15) is 38.8 Å². The molecule has 2 amide bonds. The number of nitrogens with zero attached hydrogens (tertiary/aromatic N) is 1. The van der Waals surface area contributed by atoms with Gasteiger partial charge in [-0.05, 0) is 63.1 Å². The van der Waals surface area contributed by atoms with Gasteiger partial charge in [0.2, 0.25) is 11.8 Å². The topological polar surface area (TPSA) is 49.4 Å². The van der Waals surface area contributed by atoms with Crippen molar-refractivity contribution in [2.24, 2.45) is 0 Å². The summed E-state index contributed by atoms with van der Waals surface area (Å²) in [6, 6.07) is 10.7. The van der Waals surface area contributed by atoms with Gasteiger partial charge in [0.05, 0.1) is 15.8 Å². The number of hydrogen-bond donors (Lipinski definition) is 1. The van der Waals surface area contributed by atoms with Gasteiger partial charge >= 0.3 is 0 Å². The Balaban J connectivity index is 2.12. The van der Waals surface area contributed by atoms with Crippen molar-refractivity contribution in [1.29, 1.82) is 0 Å². The molecule has 2 aromatic rings. The van der Waals surface area contributed by atoms with E-state index in [0.29, 0.717) is 15.8 Å². The Bertz CT molecular complexity index is 917. The van der Waals surface area contributed by atoms with Gasteiger partial charge in [0, 0.05) is 17.8 Å². The molecule has 2 rings (SSSR count). The quantitative estimate of drug-likeness (QED) is 0.522. The average Bonchev–Trinajstić information content (AvgIpc) is 2.68. The van der Waals surface area contributed by atoms with Crippen LogP contribution in [0.3, 0.4) is 0 Å². The van der Waals surface area contributed by atoms with Gasteiger partial charge in [-0.15, -0.1) is 11.8 Å². The second-order valence-electron chi connectivity index (χ2n) is 8.30. The number of thioether (sulfide) groups is 1. The Morgan fingerprint density at radius 2 is 1.68 bits per heavy atom. The molecular weight excluding hydrogens is 458 g/mol. The first-order chi connectivity index (χ1) is 14.5. The predicted molar refractivity (Wildman–Crippen MR) is 127 cm³/mol. The summed E-state index contributed by atoms with van der Waals surface area (Å²) in [6.07, 6.45) is 0. The summed E-state index contributed by atoms with van der Waals surface area (Å²) in [6.45, 7) is 7.61. The molecule has 0 aliphatic rings. The minimum atomic E-state index is -0.674. The first-order valence-corrected chi connectivity index (χ1v) is 11.7. The average molecular weight is 485 g/mol. The van der Waals surface area contributed by atoms with Gasteiger partial charge in [0.1, 0.15) is 11.9 Å². The van der Waals surface area contributed by atoms with Crippen molar-refractivity contribution < 1.29 is 14.0 Å². The highest BCUT2D eigenvalue weighted by molar-refractivity contribution is 7.99. The van der Waals surface area contributed by atoms with Crippen molar-refractivity contribution >= 4 is 46.8 Å². The first-order valence-electron chi connectivity index (χ1n) is 9.84. The standard InChI is InChI=1S/C23H27Cl2FN2O2S/c1-15(22(30)27-23(2,3)4)28(12-17-7-10-19(24)20(25)11-17)21(29)14-31-13-16-5-8-18(26)9-6-16/h5-11,15H,12-14H2,1-4H3,(H,27,30)/t15-/m1/s1. The lowest BCUT2D eigenvalue weighted by atomic mass is 10.1. The highest BCUT2D eigenvalue weighted by atomic mass is 35.5. The molecule has 1 N–H and O–H groups in total. The highest BCUT2D eigenvalue weighted by Gasteiger charge is 2.28. The van der Waals surface area contributed by atoms with Crippen LogP contribution in [0, 0.1) is 5.82 Å². The van der Waals surface area contributed by atoms with E-state index in [0.717, 1.165) is 11.1 Å². The lowest BCUT2D eigenvalue weighted by molar-refractivity contribution is -0.139. The van der Waals surface area contributed by atoms with Gasteiger partial charge in [0.25, 0.3) is 0 Å². The number of carbonyl (C=O) groups excluding carboxylic acids is 2. The molecule has 0 aliphatic heterocycles. The summed E-state index contributed by atoms with van der Waals surface area (Å²) in [5.74, 6) is 0.0524. The number of carbonyl (C=O) groups is 2. The van der Waals surface area contributed by atoms with E-state index in [1.165, 1.54) is 28.8 Å². The Morgan fingerprint density at radius 3 is 2.26 bits per heavy atom. The first kappa shape index (κ1) is 25.5. The molecule has 0 saturated carbocycles. The fourth-order valence-electron chi connectivity index (χ4n) is 2.81. The predicted octanol–water partition coefficient (Wildman–Crippen LogP) is 5.70. The van der Waals surface area contributed by atoms with Gasteiger partial charge in [-0.1, -0.05) is 41.4 Å². The Morgan fingerprint density at radius 1 is 1.06 bits per heavy atom. The van der Waals surface area contributed by atoms with Crippen LogP contribution in [0.2, 0.25) is 10.0 Å². The number of benzene rings is 2. The maximum absolute atomic E-state index is 13.1. The summed E-state index contributed by atoms with van der Waals surface area (Å²) in [4.78, 5) is 27.3. The Kier molecular flexibility index (Phi) is 9.22. The molecule has 1 atom stereocenters. The van der Waals surface area contributed by atoms with Gasteiger partial charge in [0.15, 0.2) is 0 Å². The normalized spacial score (nSPS) is 12.4. The molecular formula is C23H27Cl2FN2O2S. The molecule has 0 fully saturated rings. The Labute approximate surface area is 197 Å². The summed E-state index contributed by atoms with van der Waals surface area (Å²) in [5, 5.41) is 3.75. The van der Waals surface area contributed by atoms with E-state index in [-0.39, 0.29) is 29.9 Å². The number of halogens is 3. The van der Waals surface area contributed by atoms with Crippen LogP contribution in [0.25, 0.3) is 0 Å². The minimum absolute atomic E-state index is 0.172. The number of amides is 2. The van der Waals surface area contributed by atoms with Crippen LogP contribution < -0.4 is 5.32 Å². The van der Waals surface area contributed by atoms with Crippen LogP contribution >= 0.6 is 35.0 Å². The molecule has 8 heteroatoms. The molecule has 0 bridgehead atoms. The smallest absolute Gasteiger partial charge is 0.242 e.